The van der Waals surface area contributed by atoms with Crippen LogP contribution in [-0.2, 0) is 6.54 Å². The third kappa shape index (κ3) is 4.23. The molecule has 0 saturated carbocycles. The van der Waals surface area contributed by atoms with Crippen molar-refractivity contribution >= 4 is 17.5 Å². The Morgan fingerprint density at radius 1 is 1.04 bits per heavy atom. The van der Waals surface area contributed by atoms with E-state index in [-0.39, 0.29) is 5.82 Å². The summed E-state index contributed by atoms with van der Waals surface area (Å²) < 4.78 is 19.0. The zero-order valence-corrected chi connectivity index (χ0v) is 14.1. The number of anilines is 3. The highest BCUT2D eigenvalue weighted by molar-refractivity contribution is 5.64. The van der Waals surface area contributed by atoms with Crippen molar-refractivity contribution in [3.8, 4) is 5.75 Å². The van der Waals surface area contributed by atoms with Crippen LogP contribution in [0.1, 0.15) is 11.3 Å². The first-order valence-electron chi connectivity index (χ1n) is 7.88. The van der Waals surface area contributed by atoms with Gasteiger partial charge in [-0.1, -0.05) is 30.3 Å². The number of aryl methyl sites for hydroxylation is 1. The van der Waals surface area contributed by atoms with E-state index in [1.807, 2.05) is 37.3 Å². The molecule has 25 heavy (non-hydrogen) atoms. The fourth-order valence-electron chi connectivity index (χ4n) is 2.41. The molecule has 0 fully saturated rings. The van der Waals surface area contributed by atoms with Gasteiger partial charge in [0, 0.05) is 23.9 Å². The summed E-state index contributed by atoms with van der Waals surface area (Å²) in [6.07, 6.45) is 0. The molecule has 0 amide bonds. The third-order valence-corrected chi connectivity index (χ3v) is 3.62. The number of rotatable bonds is 6. The smallest absolute Gasteiger partial charge is 0.225 e. The van der Waals surface area contributed by atoms with Crippen molar-refractivity contribution in [2.24, 2.45) is 0 Å². The van der Waals surface area contributed by atoms with E-state index in [1.54, 1.807) is 25.3 Å². The van der Waals surface area contributed by atoms with Crippen molar-refractivity contribution in [3.63, 3.8) is 0 Å². The zero-order chi connectivity index (χ0) is 17.6. The molecule has 6 heteroatoms. The summed E-state index contributed by atoms with van der Waals surface area (Å²) in [6.45, 7) is 2.19. The van der Waals surface area contributed by atoms with E-state index < -0.39 is 0 Å². The van der Waals surface area contributed by atoms with Gasteiger partial charge in [-0.05, 0) is 25.1 Å². The van der Waals surface area contributed by atoms with Crippen LogP contribution in [0.15, 0.2) is 54.6 Å². The van der Waals surface area contributed by atoms with Crippen LogP contribution in [0.3, 0.4) is 0 Å². The van der Waals surface area contributed by atoms with Gasteiger partial charge in [-0.3, -0.25) is 0 Å². The fourth-order valence-corrected chi connectivity index (χ4v) is 2.41. The number of methoxy groups -OCH3 is 1. The van der Waals surface area contributed by atoms with Gasteiger partial charge < -0.3 is 15.4 Å². The van der Waals surface area contributed by atoms with Crippen LogP contribution in [0, 0.1) is 12.7 Å². The highest BCUT2D eigenvalue weighted by Gasteiger charge is 2.07. The largest absolute Gasteiger partial charge is 0.495 e. The standard InChI is InChI=1S/C19H19FN4O/c1-13-11-18(23-16-9-5-6-10-17(16)25-2)24-19(22-13)21-12-14-7-3-4-8-15(14)20/h3-11H,12H2,1-2H3,(H2,21,22,23,24). The van der Waals surface area contributed by atoms with Gasteiger partial charge in [-0.25, -0.2) is 9.37 Å². The van der Waals surface area contributed by atoms with Crippen LogP contribution in [-0.4, -0.2) is 17.1 Å². The van der Waals surface area contributed by atoms with Crippen molar-refractivity contribution in [2.75, 3.05) is 17.7 Å². The zero-order valence-electron chi connectivity index (χ0n) is 14.1. The third-order valence-electron chi connectivity index (χ3n) is 3.62. The van der Waals surface area contributed by atoms with Gasteiger partial charge in [-0.2, -0.15) is 4.98 Å². The predicted molar refractivity (Wildman–Crippen MR) is 96.8 cm³/mol. The molecule has 3 aromatic rings. The number of hydrogen-bond donors (Lipinski definition) is 2. The molecule has 0 aliphatic heterocycles. The maximum atomic E-state index is 13.7. The van der Waals surface area contributed by atoms with Gasteiger partial charge in [0.2, 0.25) is 5.95 Å². The van der Waals surface area contributed by atoms with Crippen molar-refractivity contribution in [3.05, 3.63) is 71.7 Å². The lowest BCUT2D eigenvalue weighted by molar-refractivity contribution is 0.417. The average Bonchev–Trinajstić information content (AvgIpc) is 2.61. The summed E-state index contributed by atoms with van der Waals surface area (Å²) in [5, 5.41) is 6.29. The van der Waals surface area contributed by atoms with Crippen molar-refractivity contribution in [1.29, 1.82) is 0 Å². The Hall–Kier alpha value is -3.15. The molecule has 1 heterocycles. The van der Waals surface area contributed by atoms with E-state index in [1.165, 1.54) is 6.07 Å². The Bertz CT molecular complexity index is 870. The first-order chi connectivity index (χ1) is 12.2. The average molecular weight is 338 g/mol. The number of nitrogens with one attached hydrogen (secondary N) is 2. The first-order valence-corrected chi connectivity index (χ1v) is 7.88. The maximum Gasteiger partial charge on any atom is 0.225 e. The Labute approximate surface area is 145 Å². The molecular weight excluding hydrogens is 319 g/mol. The summed E-state index contributed by atoms with van der Waals surface area (Å²) in [4.78, 5) is 8.78. The quantitative estimate of drug-likeness (QED) is 0.702. The molecule has 0 bridgehead atoms. The van der Waals surface area contributed by atoms with Crippen LogP contribution in [0.4, 0.5) is 21.8 Å². The van der Waals surface area contributed by atoms with Crippen LogP contribution in [0.25, 0.3) is 0 Å². The molecular formula is C19H19FN4O. The summed E-state index contributed by atoms with van der Waals surface area (Å²) in [7, 11) is 1.62. The molecule has 0 aliphatic carbocycles. The molecule has 128 valence electrons. The second kappa shape index (κ2) is 7.61. The molecule has 3 rings (SSSR count). The number of ether oxygens (including phenoxy) is 1. The van der Waals surface area contributed by atoms with Crippen LogP contribution < -0.4 is 15.4 Å². The number of halogens is 1. The van der Waals surface area contributed by atoms with Gasteiger partial charge in [0.1, 0.15) is 17.4 Å². The monoisotopic (exact) mass is 338 g/mol. The molecule has 0 spiro atoms. The van der Waals surface area contributed by atoms with Crippen molar-refractivity contribution in [2.45, 2.75) is 13.5 Å². The van der Waals surface area contributed by atoms with Crippen LogP contribution in [0.5, 0.6) is 5.75 Å². The van der Waals surface area contributed by atoms with Crippen molar-refractivity contribution in [1.82, 2.24) is 9.97 Å². The van der Waals surface area contributed by atoms with E-state index >= 15 is 0 Å². The Morgan fingerprint density at radius 3 is 2.60 bits per heavy atom. The Balaban J connectivity index is 1.77. The van der Waals surface area contributed by atoms with E-state index in [0.717, 1.165) is 17.1 Å². The molecule has 5 nitrogen and oxygen atoms in total. The van der Waals surface area contributed by atoms with Gasteiger partial charge in [0.15, 0.2) is 0 Å². The minimum Gasteiger partial charge on any atom is -0.495 e. The Morgan fingerprint density at radius 2 is 1.80 bits per heavy atom. The van der Waals surface area contributed by atoms with Crippen LogP contribution in [0.2, 0.25) is 0 Å². The molecule has 0 aliphatic rings. The summed E-state index contributed by atoms with van der Waals surface area (Å²) in [5.74, 6) is 1.53. The molecule has 0 radical (unpaired) electrons. The molecule has 0 saturated heterocycles. The van der Waals surface area contributed by atoms with Crippen molar-refractivity contribution < 1.29 is 9.13 Å². The molecule has 1 aromatic heterocycles. The molecule has 0 atom stereocenters. The summed E-state index contributed by atoms with van der Waals surface area (Å²) in [5.41, 5.74) is 2.17. The van der Waals surface area contributed by atoms with Gasteiger partial charge in [0.05, 0.1) is 12.8 Å². The number of nitrogens with zero attached hydrogens (tertiary/aromatic N) is 2. The molecule has 0 unspecified atom stereocenters. The lowest BCUT2D eigenvalue weighted by Gasteiger charge is -2.12. The topological polar surface area (TPSA) is 59.1 Å². The predicted octanol–water partition coefficient (Wildman–Crippen LogP) is 4.29. The van der Waals surface area contributed by atoms with E-state index in [2.05, 4.69) is 20.6 Å². The number of aromatic nitrogens is 2. The normalized spacial score (nSPS) is 10.4. The Kier molecular flexibility index (Phi) is 5.09. The SMILES string of the molecule is COc1ccccc1Nc1cc(C)nc(NCc2ccccc2F)n1. The highest BCUT2D eigenvalue weighted by Crippen LogP contribution is 2.26. The number of para-hydroxylation sites is 2. The highest BCUT2D eigenvalue weighted by atomic mass is 19.1. The number of benzene rings is 2. The lowest BCUT2D eigenvalue weighted by Crippen LogP contribution is -2.07. The summed E-state index contributed by atoms with van der Waals surface area (Å²) in [6, 6.07) is 16.0. The fraction of sp³-hybridized carbons (Fsp3) is 0.158. The lowest BCUT2D eigenvalue weighted by atomic mass is 10.2. The van der Waals surface area contributed by atoms with E-state index in [4.69, 9.17) is 4.74 Å². The minimum atomic E-state index is -0.255. The van der Waals surface area contributed by atoms with E-state index in [9.17, 15) is 4.39 Å². The molecule has 2 N–H and O–H groups in total. The summed E-state index contributed by atoms with van der Waals surface area (Å²) >= 11 is 0. The maximum absolute atomic E-state index is 13.7. The second-order valence-corrected chi connectivity index (χ2v) is 5.49. The second-order valence-electron chi connectivity index (χ2n) is 5.49. The first kappa shape index (κ1) is 16.7. The number of hydrogen-bond acceptors (Lipinski definition) is 5. The van der Waals surface area contributed by atoms with E-state index in [0.29, 0.717) is 23.9 Å². The van der Waals surface area contributed by atoms with Gasteiger partial charge in [-0.15, -0.1) is 0 Å². The minimum absolute atomic E-state index is 0.255. The van der Waals surface area contributed by atoms with Gasteiger partial charge in [0.25, 0.3) is 0 Å². The van der Waals surface area contributed by atoms with Gasteiger partial charge >= 0.3 is 0 Å². The van der Waals surface area contributed by atoms with Crippen LogP contribution >= 0.6 is 0 Å². The molecule has 2 aromatic carbocycles.